The third-order valence-corrected chi connectivity index (χ3v) is 8.59. The molecule has 0 saturated carbocycles. The van der Waals surface area contributed by atoms with Gasteiger partial charge in [-0.05, 0) is 25.7 Å². The highest BCUT2D eigenvalue weighted by molar-refractivity contribution is 7.64. The van der Waals surface area contributed by atoms with Gasteiger partial charge in [0.25, 0.3) is 0 Å². The summed E-state index contributed by atoms with van der Waals surface area (Å²) in [5.41, 5.74) is -0.556. The molecule has 0 N–H and O–H groups in total. The van der Waals surface area contributed by atoms with Crippen LogP contribution in [0.2, 0.25) is 0 Å². The molecule has 6 nitrogen and oxygen atoms in total. The van der Waals surface area contributed by atoms with Crippen LogP contribution in [0.3, 0.4) is 0 Å². The molecule has 0 rings (SSSR count). The Morgan fingerprint density at radius 3 is 1.25 bits per heavy atom. The minimum atomic E-state index is -2.52. The summed E-state index contributed by atoms with van der Waals surface area (Å²) in [6, 6.07) is 0. The number of hydrogen-bond acceptors (Lipinski definition) is 6. The van der Waals surface area contributed by atoms with Crippen molar-refractivity contribution in [3.63, 3.8) is 0 Å². The molecule has 0 heterocycles. The molecule has 0 aliphatic rings. The standard InChI is InChI=1S/C33H64O6P/c1-6-11-15-19-23-27-36-32(40(35)31(34)10-5)33(37-28-24-20-16-12-7-2,38-29-25-21-17-13-8-3)39-30-26-22-18-14-9-4/h10,32H,5-9,11-30H2,1-4H3/q+1. The van der Waals surface area contributed by atoms with Gasteiger partial charge in [0.05, 0.1) is 26.4 Å². The lowest BCUT2D eigenvalue weighted by Gasteiger charge is -2.34. The van der Waals surface area contributed by atoms with E-state index in [0.717, 1.165) is 89.5 Å². The van der Waals surface area contributed by atoms with E-state index < -0.39 is 25.1 Å². The molecule has 0 fully saturated rings. The highest BCUT2D eigenvalue weighted by Gasteiger charge is 2.58. The van der Waals surface area contributed by atoms with E-state index in [-0.39, 0.29) is 0 Å². The maximum Gasteiger partial charge on any atom is 0.460 e. The highest BCUT2D eigenvalue weighted by atomic mass is 31.1. The molecule has 0 amide bonds. The van der Waals surface area contributed by atoms with E-state index >= 15 is 0 Å². The van der Waals surface area contributed by atoms with Gasteiger partial charge in [-0.3, -0.25) is 0 Å². The summed E-state index contributed by atoms with van der Waals surface area (Å²) in [5, 5.41) is 0. The summed E-state index contributed by atoms with van der Waals surface area (Å²) in [6.45, 7) is 13.9. The van der Waals surface area contributed by atoms with Crippen LogP contribution in [0.25, 0.3) is 0 Å². The minimum absolute atomic E-state index is 0.376. The molecule has 0 radical (unpaired) electrons. The Hall–Kier alpha value is -0.650. The number of unbranched alkanes of at least 4 members (excludes halogenated alkanes) is 16. The summed E-state index contributed by atoms with van der Waals surface area (Å²) in [7, 11) is -2.52. The Morgan fingerprint density at radius 2 is 0.925 bits per heavy atom. The van der Waals surface area contributed by atoms with Crippen LogP contribution >= 0.6 is 7.80 Å². The summed E-state index contributed by atoms with van der Waals surface area (Å²) in [5.74, 6) is -2.81. The highest BCUT2D eigenvalue weighted by Crippen LogP contribution is 2.42. The normalized spacial score (nSPS) is 12.9. The first kappa shape index (κ1) is 39.4. The van der Waals surface area contributed by atoms with Gasteiger partial charge in [0.1, 0.15) is 0 Å². The molecule has 0 saturated heterocycles. The second-order valence-electron chi connectivity index (χ2n) is 10.9. The fraction of sp³-hybridized carbons (Fsp3) is 0.909. The molecule has 0 aromatic rings. The van der Waals surface area contributed by atoms with Crippen molar-refractivity contribution in [2.45, 2.75) is 168 Å². The van der Waals surface area contributed by atoms with E-state index in [1.165, 1.54) is 44.9 Å². The first-order valence-electron chi connectivity index (χ1n) is 16.7. The van der Waals surface area contributed by atoms with Crippen LogP contribution in [0.15, 0.2) is 12.7 Å². The monoisotopic (exact) mass is 587 g/mol. The smallest absolute Gasteiger partial charge is 0.328 e. The van der Waals surface area contributed by atoms with Gasteiger partial charge < -0.3 is 18.9 Å². The van der Waals surface area contributed by atoms with Crippen molar-refractivity contribution >= 4 is 13.3 Å². The first-order chi connectivity index (χ1) is 19.5. The molecular weight excluding hydrogens is 523 g/mol. The third kappa shape index (κ3) is 19.5. The van der Waals surface area contributed by atoms with Gasteiger partial charge in [0.15, 0.2) is 0 Å². The zero-order valence-corrected chi connectivity index (χ0v) is 27.6. The summed E-state index contributed by atoms with van der Waals surface area (Å²) < 4.78 is 39.0. The van der Waals surface area contributed by atoms with Gasteiger partial charge in [0, 0.05) is 6.08 Å². The predicted molar refractivity (Wildman–Crippen MR) is 168 cm³/mol. The van der Waals surface area contributed by atoms with Crippen molar-refractivity contribution in [3.05, 3.63) is 12.7 Å². The maximum atomic E-state index is 13.6. The van der Waals surface area contributed by atoms with Crippen LogP contribution in [0.1, 0.15) is 156 Å². The number of carbonyl (C=O) groups is 1. The molecule has 0 bridgehead atoms. The van der Waals surface area contributed by atoms with Crippen LogP contribution in [0.4, 0.5) is 0 Å². The third-order valence-electron chi connectivity index (χ3n) is 7.08. The van der Waals surface area contributed by atoms with E-state index in [1.807, 2.05) is 0 Å². The number of rotatable bonds is 32. The Balaban J connectivity index is 5.83. The zero-order chi connectivity index (χ0) is 29.7. The topological polar surface area (TPSA) is 71.1 Å². The molecule has 2 atom stereocenters. The molecule has 2 unspecified atom stereocenters. The molecular formula is C33H64O6P+. The van der Waals surface area contributed by atoms with Crippen LogP contribution in [0, 0.1) is 0 Å². The molecule has 0 spiro atoms. The molecule has 40 heavy (non-hydrogen) atoms. The lowest BCUT2D eigenvalue weighted by Crippen LogP contribution is -2.51. The van der Waals surface area contributed by atoms with Gasteiger partial charge in [-0.1, -0.05) is 142 Å². The van der Waals surface area contributed by atoms with Gasteiger partial charge >= 0.3 is 25.1 Å². The molecule has 236 valence electrons. The van der Waals surface area contributed by atoms with Crippen molar-refractivity contribution in [1.29, 1.82) is 0 Å². The van der Waals surface area contributed by atoms with E-state index in [4.69, 9.17) is 18.9 Å². The van der Waals surface area contributed by atoms with Gasteiger partial charge in [-0.15, -0.1) is 0 Å². The Labute approximate surface area is 248 Å². The Morgan fingerprint density at radius 1 is 0.600 bits per heavy atom. The molecule has 7 heteroatoms. The molecule has 0 aromatic heterocycles. The van der Waals surface area contributed by atoms with Crippen molar-refractivity contribution in [1.82, 2.24) is 0 Å². The Bertz CT molecular complexity index is 571. The fourth-order valence-corrected chi connectivity index (χ4v) is 5.68. The van der Waals surface area contributed by atoms with E-state index in [1.54, 1.807) is 0 Å². The van der Waals surface area contributed by atoms with Crippen LogP contribution in [-0.2, 0) is 28.3 Å². The van der Waals surface area contributed by atoms with Crippen molar-refractivity contribution in [3.8, 4) is 0 Å². The summed E-state index contributed by atoms with van der Waals surface area (Å²) in [6.07, 6.45) is 22.6. The summed E-state index contributed by atoms with van der Waals surface area (Å²) >= 11 is 0. The largest absolute Gasteiger partial charge is 0.460 e. The van der Waals surface area contributed by atoms with Crippen molar-refractivity contribution < 1.29 is 28.3 Å². The van der Waals surface area contributed by atoms with Crippen molar-refractivity contribution in [2.75, 3.05) is 26.4 Å². The number of allylic oxidation sites excluding steroid dienone is 1. The van der Waals surface area contributed by atoms with Gasteiger partial charge in [-0.25, -0.2) is 4.79 Å². The SMILES string of the molecule is C=CC(=O)[P+](=O)C(OCCCCCCC)C(OCCCCCCC)(OCCCCCCC)OCCCCCCC. The predicted octanol–water partition coefficient (Wildman–Crippen LogP) is 10.5. The number of hydrogen-bond donors (Lipinski definition) is 0. The maximum absolute atomic E-state index is 13.6. The van der Waals surface area contributed by atoms with Crippen LogP contribution in [0.5, 0.6) is 0 Å². The van der Waals surface area contributed by atoms with Gasteiger partial charge in [0.2, 0.25) is 0 Å². The molecule has 0 aliphatic carbocycles. The second kappa shape index (κ2) is 28.5. The zero-order valence-electron chi connectivity index (χ0n) is 26.7. The average molecular weight is 588 g/mol. The minimum Gasteiger partial charge on any atom is -0.328 e. The van der Waals surface area contributed by atoms with E-state index in [2.05, 4.69) is 34.3 Å². The lowest BCUT2D eigenvalue weighted by atomic mass is 10.1. The van der Waals surface area contributed by atoms with Gasteiger partial charge in [-0.2, -0.15) is 0 Å². The van der Waals surface area contributed by atoms with Crippen LogP contribution in [-0.4, -0.2) is 43.8 Å². The number of carbonyl (C=O) groups excluding carboxylic acids is 1. The number of ether oxygens (including phenoxy) is 4. The summed E-state index contributed by atoms with van der Waals surface area (Å²) in [4.78, 5) is 12.7. The van der Waals surface area contributed by atoms with E-state index in [0.29, 0.717) is 26.4 Å². The molecule has 0 aliphatic heterocycles. The first-order valence-corrected chi connectivity index (χ1v) is 18.0. The van der Waals surface area contributed by atoms with E-state index in [9.17, 15) is 9.36 Å². The molecule has 0 aromatic carbocycles. The average Bonchev–Trinajstić information content (AvgIpc) is 2.97. The van der Waals surface area contributed by atoms with Crippen molar-refractivity contribution in [2.24, 2.45) is 0 Å². The Kier molecular flexibility index (Phi) is 28.0. The fourth-order valence-electron chi connectivity index (χ4n) is 4.52. The van der Waals surface area contributed by atoms with Crippen LogP contribution < -0.4 is 0 Å². The quantitative estimate of drug-likeness (QED) is 0.0337. The second-order valence-corrected chi connectivity index (χ2v) is 12.5. The lowest BCUT2D eigenvalue weighted by molar-refractivity contribution is -0.404.